The molecular weight excluding hydrogens is 272 g/mol. The molecule has 4 nitrogen and oxygen atoms in total. The fourth-order valence-corrected chi connectivity index (χ4v) is 2.83. The minimum Gasteiger partial charge on any atom is -0.296 e. The van der Waals surface area contributed by atoms with Gasteiger partial charge in [-0.2, -0.15) is 0 Å². The van der Waals surface area contributed by atoms with Crippen LogP contribution in [0.3, 0.4) is 0 Å². The summed E-state index contributed by atoms with van der Waals surface area (Å²) in [5.74, 6) is 0.117. The molecule has 0 aliphatic carbocycles. The van der Waals surface area contributed by atoms with E-state index >= 15 is 0 Å². The van der Waals surface area contributed by atoms with E-state index < -0.39 is 10.0 Å². The Balaban J connectivity index is 2.93. The molecule has 114 valence electrons. The van der Waals surface area contributed by atoms with Gasteiger partial charge in [-0.05, 0) is 32.5 Å². The number of likely N-dealkylation sites (N-methyl/N-ethyl adjacent to an activating group) is 1. The number of benzene rings is 1. The van der Waals surface area contributed by atoms with Crippen LogP contribution in [0.1, 0.15) is 37.9 Å². The first-order chi connectivity index (χ1) is 9.43. The summed E-state index contributed by atoms with van der Waals surface area (Å²) in [6.07, 6.45) is 0. The van der Waals surface area contributed by atoms with Crippen LogP contribution in [-0.4, -0.2) is 38.7 Å². The monoisotopic (exact) mass is 298 g/mol. The third-order valence-electron chi connectivity index (χ3n) is 3.59. The fraction of sp³-hybridized carbons (Fsp3) is 0.600. The lowest BCUT2D eigenvalue weighted by Crippen LogP contribution is -2.38. The van der Waals surface area contributed by atoms with Crippen LogP contribution in [-0.2, 0) is 10.0 Å². The lowest BCUT2D eigenvalue weighted by atomic mass is 10.0. The Labute approximate surface area is 123 Å². The zero-order chi connectivity index (χ0) is 15.2. The quantitative estimate of drug-likeness (QED) is 0.801. The minimum absolute atomic E-state index is 0.0759. The molecule has 20 heavy (non-hydrogen) atoms. The maximum atomic E-state index is 11.7. The zero-order valence-electron chi connectivity index (χ0n) is 12.9. The van der Waals surface area contributed by atoms with E-state index in [1.54, 1.807) is 6.92 Å². The van der Waals surface area contributed by atoms with Gasteiger partial charge in [0.25, 0.3) is 0 Å². The number of aryl methyl sites for hydroxylation is 1. The van der Waals surface area contributed by atoms with Crippen molar-refractivity contribution in [3.63, 3.8) is 0 Å². The average molecular weight is 298 g/mol. The van der Waals surface area contributed by atoms with Crippen molar-refractivity contribution in [1.82, 2.24) is 9.62 Å². The summed E-state index contributed by atoms with van der Waals surface area (Å²) in [6, 6.07) is 8.38. The molecule has 0 radical (unpaired) electrons. The largest absolute Gasteiger partial charge is 0.296 e. The number of nitrogens with one attached hydrogen (secondary N) is 1. The molecule has 0 fully saturated rings. The average Bonchev–Trinajstić information content (AvgIpc) is 2.44. The molecule has 0 aliphatic rings. The molecule has 1 atom stereocenters. The van der Waals surface area contributed by atoms with Gasteiger partial charge in [0.1, 0.15) is 0 Å². The highest BCUT2D eigenvalue weighted by molar-refractivity contribution is 7.89. The summed E-state index contributed by atoms with van der Waals surface area (Å²) < 4.78 is 26.0. The topological polar surface area (TPSA) is 49.4 Å². The standard InChI is InChI=1S/C15H26N2O2S/c1-5-17(6-2)15(12-16-20(18,19)7-3)14-10-8-13(4)9-11-14/h8-11,15-16H,5-7,12H2,1-4H3. The van der Waals surface area contributed by atoms with Crippen LogP contribution in [0.4, 0.5) is 0 Å². The summed E-state index contributed by atoms with van der Waals surface area (Å²) in [6.45, 7) is 10.1. The Morgan fingerprint density at radius 2 is 1.65 bits per heavy atom. The summed E-state index contributed by atoms with van der Waals surface area (Å²) in [4.78, 5) is 2.27. The van der Waals surface area contributed by atoms with E-state index in [0.29, 0.717) is 6.54 Å². The van der Waals surface area contributed by atoms with Crippen LogP contribution in [0.25, 0.3) is 0 Å². The van der Waals surface area contributed by atoms with Gasteiger partial charge in [0, 0.05) is 12.6 Å². The molecule has 0 aromatic heterocycles. The molecule has 1 rings (SSSR count). The Morgan fingerprint density at radius 1 is 1.10 bits per heavy atom. The molecular formula is C15H26N2O2S. The Morgan fingerprint density at radius 3 is 2.10 bits per heavy atom. The predicted molar refractivity (Wildman–Crippen MR) is 84.3 cm³/mol. The lowest BCUT2D eigenvalue weighted by Gasteiger charge is -2.30. The van der Waals surface area contributed by atoms with E-state index in [9.17, 15) is 8.42 Å². The van der Waals surface area contributed by atoms with Crippen LogP contribution in [0, 0.1) is 6.92 Å². The van der Waals surface area contributed by atoms with Crippen molar-refractivity contribution in [3.8, 4) is 0 Å². The summed E-state index contributed by atoms with van der Waals surface area (Å²) >= 11 is 0. The zero-order valence-corrected chi connectivity index (χ0v) is 13.7. The summed E-state index contributed by atoms with van der Waals surface area (Å²) in [7, 11) is -3.16. The van der Waals surface area contributed by atoms with Crippen LogP contribution in [0.15, 0.2) is 24.3 Å². The highest BCUT2D eigenvalue weighted by Gasteiger charge is 2.20. The predicted octanol–water partition coefficient (Wildman–Crippen LogP) is 2.32. The van der Waals surface area contributed by atoms with Gasteiger partial charge < -0.3 is 0 Å². The number of rotatable bonds is 8. The van der Waals surface area contributed by atoms with Crippen molar-refractivity contribution >= 4 is 10.0 Å². The Hall–Kier alpha value is -0.910. The van der Waals surface area contributed by atoms with Crippen LogP contribution in [0.5, 0.6) is 0 Å². The van der Waals surface area contributed by atoms with E-state index in [-0.39, 0.29) is 11.8 Å². The Kier molecular flexibility index (Phi) is 6.65. The van der Waals surface area contributed by atoms with Crippen molar-refractivity contribution in [2.24, 2.45) is 0 Å². The van der Waals surface area contributed by atoms with Gasteiger partial charge in [0.2, 0.25) is 10.0 Å². The highest BCUT2D eigenvalue weighted by Crippen LogP contribution is 2.20. The van der Waals surface area contributed by atoms with Crippen molar-refractivity contribution in [2.45, 2.75) is 33.7 Å². The number of hydrogen-bond donors (Lipinski definition) is 1. The van der Waals surface area contributed by atoms with Gasteiger partial charge in [-0.15, -0.1) is 0 Å². The molecule has 0 amide bonds. The SMILES string of the molecule is CCN(CC)C(CNS(=O)(=O)CC)c1ccc(C)cc1. The molecule has 0 aliphatic heterocycles. The minimum atomic E-state index is -3.16. The molecule has 1 N–H and O–H groups in total. The molecule has 5 heteroatoms. The second-order valence-electron chi connectivity index (χ2n) is 4.90. The van der Waals surface area contributed by atoms with Crippen molar-refractivity contribution in [2.75, 3.05) is 25.4 Å². The van der Waals surface area contributed by atoms with E-state index in [1.807, 2.05) is 0 Å². The van der Waals surface area contributed by atoms with Crippen LogP contribution in [0.2, 0.25) is 0 Å². The number of nitrogens with zero attached hydrogens (tertiary/aromatic N) is 1. The molecule has 1 unspecified atom stereocenters. The molecule has 1 aromatic carbocycles. The summed E-state index contributed by atoms with van der Waals surface area (Å²) in [5.41, 5.74) is 2.36. The van der Waals surface area contributed by atoms with Crippen molar-refractivity contribution in [1.29, 1.82) is 0 Å². The van der Waals surface area contributed by atoms with Crippen LogP contribution < -0.4 is 4.72 Å². The van der Waals surface area contributed by atoms with Crippen molar-refractivity contribution < 1.29 is 8.42 Å². The van der Waals surface area contributed by atoms with Gasteiger partial charge in [-0.3, -0.25) is 4.90 Å². The first-order valence-electron chi connectivity index (χ1n) is 7.21. The van der Waals surface area contributed by atoms with E-state index in [4.69, 9.17) is 0 Å². The van der Waals surface area contributed by atoms with Gasteiger partial charge in [-0.25, -0.2) is 13.1 Å². The van der Waals surface area contributed by atoms with E-state index in [1.165, 1.54) is 5.56 Å². The normalized spacial score (nSPS) is 13.7. The molecule has 0 saturated carbocycles. The second-order valence-corrected chi connectivity index (χ2v) is 7.00. The fourth-order valence-electron chi connectivity index (χ4n) is 2.22. The third-order valence-corrected chi connectivity index (χ3v) is 4.96. The highest BCUT2D eigenvalue weighted by atomic mass is 32.2. The maximum absolute atomic E-state index is 11.7. The molecule has 0 saturated heterocycles. The van der Waals surface area contributed by atoms with E-state index in [2.05, 4.69) is 54.7 Å². The number of sulfonamides is 1. The van der Waals surface area contributed by atoms with E-state index in [0.717, 1.165) is 18.7 Å². The molecule has 0 bridgehead atoms. The first-order valence-corrected chi connectivity index (χ1v) is 8.86. The first kappa shape index (κ1) is 17.1. The van der Waals surface area contributed by atoms with Gasteiger partial charge in [0.05, 0.1) is 5.75 Å². The molecule has 0 heterocycles. The van der Waals surface area contributed by atoms with Gasteiger partial charge in [-0.1, -0.05) is 43.7 Å². The molecule has 0 spiro atoms. The smallest absolute Gasteiger partial charge is 0.211 e. The Bertz CT molecular complexity index is 493. The second kappa shape index (κ2) is 7.76. The third kappa shape index (κ3) is 4.89. The number of hydrogen-bond acceptors (Lipinski definition) is 3. The maximum Gasteiger partial charge on any atom is 0.211 e. The molecule has 1 aromatic rings. The van der Waals surface area contributed by atoms with Crippen molar-refractivity contribution in [3.05, 3.63) is 35.4 Å². The lowest BCUT2D eigenvalue weighted by molar-refractivity contribution is 0.220. The van der Waals surface area contributed by atoms with Gasteiger partial charge >= 0.3 is 0 Å². The summed E-state index contributed by atoms with van der Waals surface area (Å²) in [5, 5.41) is 0. The van der Waals surface area contributed by atoms with Crippen LogP contribution >= 0.6 is 0 Å². The van der Waals surface area contributed by atoms with Gasteiger partial charge in [0.15, 0.2) is 0 Å².